The first kappa shape index (κ1) is 53.8. The number of ketones is 6. The average molecular weight is 827 g/mol. The molecule has 7 aliphatic rings. The van der Waals surface area contributed by atoms with E-state index >= 15 is 0 Å². The Hall–Kier alpha value is -3.18. The Balaban J connectivity index is 0.000000344. The second kappa shape index (κ2) is 24.9. The minimum Gasteiger partial charge on any atom is -0.393 e. The van der Waals surface area contributed by atoms with Crippen LogP contribution >= 0.6 is 0 Å². The molecule has 0 aliphatic heterocycles. The van der Waals surface area contributed by atoms with Gasteiger partial charge in [0.2, 0.25) is 0 Å². The molecule has 0 spiro atoms. The second-order valence-electron chi connectivity index (χ2n) is 18.3. The highest BCUT2D eigenvalue weighted by atomic mass is 16.3. The highest BCUT2D eigenvalue weighted by Crippen LogP contribution is 2.31. The predicted molar refractivity (Wildman–Crippen MR) is 233 cm³/mol. The molecule has 0 bridgehead atoms. The van der Waals surface area contributed by atoms with E-state index in [4.69, 9.17) is 10.2 Å². The first-order valence-electron chi connectivity index (χ1n) is 21.8. The molecule has 10 heteroatoms. The topological polar surface area (TPSA) is 183 Å². The summed E-state index contributed by atoms with van der Waals surface area (Å²) in [5, 5.41) is 36.6. The number of Topliss-reactive ketones (excluding diaryl/α,β-unsaturated/α-hetero) is 4. The minimum atomic E-state index is -0.382. The van der Waals surface area contributed by atoms with Gasteiger partial charge in [0.25, 0.3) is 0 Å². The number of hydrogen-bond acceptors (Lipinski definition) is 10. The molecule has 0 saturated heterocycles. The van der Waals surface area contributed by atoms with Gasteiger partial charge in [-0.2, -0.15) is 0 Å². The van der Waals surface area contributed by atoms with Crippen LogP contribution in [-0.2, 0) is 28.8 Å². The maximum absolute atomic E-state index is 10.8. The largest absolute Gasteiger partial charge is 0.393 e. The van der Waals surface area contributed by atoms with Crippen molar-refractivity contribution < 1.29 is 49.2 Å². The van der Waals surface area contributed by atoms with Crippen LogP contribution in [0.1, 0.15) is 135 Å². The van der Waals surface area contributed by atoms with Crippen molar-refractivity contribution in [3.63, 3.8) is 0 Å². The molecular formula is C49H78O10. The van der Waals surface area contributed by atoms with Crippen LogP contribution in [0.5, 0.6) is 0 Å². The molecule has 3 saturated carbocycles. The van der Waals surface area contributed by atoms with Gasteiger partial charge in [-0.25, -0.2) is 0 Å². The maximum atomic E-state index is 10.8. The van der Waals surface area contributed by atoms with E-state index in [2.05, 4.69) is 13.8 Å². The molecule has 59 heavy (non-hydrogen) atoms. The summed E-state index contributed by atoms with van der Waals surface area (Å²) in [7, 11) is 0. The lowest BCUT2D eigenvalue weighted by molar-refractivity contribution is -0.121. The van der Waals surface area contributed by atoms with Crippen molar-refractivity contribution in [3.8, 4) is 0 Å². The van der Waals surface area contributed by atoms with E-state index in [0.717, 1.165) is 18.4 Å². The SMILES string of the molecule is CC1=C(C)C(=O)CC1.CC1=CCC(=O)[C@@H]1C.C[C@@H]1[C@@H](C)[C@@H](O)C[C@H]1O.C[C@H]1C=CC(=O)[C@@H]1C.C[C@H]1C=CC(=O)[C@@H]1C.C[C@H]1[C@@H](O)CC(=O)[C@@H]1C.C[C@H]1[C@H](O)CC(=O)[C@@H]1C. The molecule has 0 radical (unpaired) electrons. The molecule has 0 unspecified atom stereocenters. The van der Waals surface area contributed by atoms with Crippen LogP contribution in [0.15, 0.2) is 47.1 Å². The number of aliphatic hydroxyl groups is 4. The number of allylic oxidation sites excluding steroid dienone is 8. The summed E-state index contributed by atoms with van der Waals surface area (Å²) in [5.41, 5.74) is 3.50. The summed E-state index contributed by atoms with van der Waals surface area (Å²) in [6.07, 6.45) is 11.6. The van der Waals surface area contributed by atoms with Gasteiger partial charge in [-0.15, -0.1) is 0 Å². The van der Waals surface area contributed by atoms with Crippen molar-refractivity contribution >= 4 is 34.7 Å². The van der Waals surface area contributed by atoms with E-state index in [9.17, 15) is 39.0 Å². The zero-order valence-electron chi connectivity index (χ0n) is 38.5. The summed E-state index contributed by atoms with van der Waals surface area (Å²) < 4.78 is 0. The number of rotatable bonds is 0. The van der Waals surface area contributed by atoms with E-state index in [1.165, 1.54) is 11.1 Å². The number of hydrogen-bond donors (Lipinski definition) is 4. The molecule has 4 N–H and O–H groups in total. The molecule has 7 rings (SSSR count). The molecule has 3 fully saturated rings. The van der Waals surface area contributed by atoms with Crippen molar-refractivity contribution in [1.29, 1.82) is 0 Å². The standard InChI is InChI=1S/C7H14O2.2C7H12O2.4C7H10O/c3*1-4-5(2)7(9)3-6(4)8;4*1-5-3-4-7(8)6(5)2/h4-9H,3H2,1-2H3;2*4-6,8H,3H2,1-2H3;3-4H2,1-2H3;3,6H,4H2,1-2H3;2*3-6H,1-2H3/t4-,5-,6-,7+;4-,5-,6+;4-,5-,6-;;6-;2*5-,6+/m111.100/s1. The first-order valence-corrected chi connectivity index (χ1v) is 21.8. The van der Waals surface area contributed by atoms with Gasteiger partial charge in [0.05, 0.1) is 24.4 Å². The number of carbonyl (C=O) groups is 6. The Morgan fingerprint density at radius 1 is 0.492 bits per heavy atom. The third kappa shape index (κ3) is 16.3. The van der Waals surface area contributed by atoms with E-state index in [1.807, 2.05) is 101 Å². The Morgan fingerprint density at radius 3 is 0.966 bits per heavy atom. The quantitative estimate of drug-likeness (QED) is 0.178. The zero-order chi connectivity index (χ0) is 45.6. The van der Waals surface area contributed by atoms with Crippen LogP contribution in [0.25, 0.3) is 0 Å². The van der Waals surface area contributed by atoms with E-state index < -0.39 is 0 Å². The fourth-order valence-electron chi connectivity index (χ4n) is 7.22. The smallest absolute Gasteiger partial charge is 0.158 e. The van der Waals surface area contributed by atoms with Crippen LogP contribution in [0.3, 0.4) is 0 Å². The first-order chi connectivity index (χ1) is 27.2. The van der Waals surface area contributed by atoms with Gasteiger partial charge in [0, 0.05) is 55.3 Å². The Kier molecular flexibility index (Phi) is 22.7. The van der Waals surface area contributed by atoms with E-state index in [1.54, 1.807) is 12.2 Å². The molecule has 10 nitrogen and oxygen atoms in total. The highest BCUT2D eigenvalue weighted by molar-refractivity contribution is 5.98. The Bertz CT molecular complexity index is 1510. The molecule has 0 aromatic carbocycles. The average Bonchev–Trinajstić information content (AvgIpc) is 4.01. The number of aliphatic hydroxyl groups excluding tert-OH is 4. The molecular weight excluding hydrogens is 749 g/mol. The van der Waals surface area contributed by atoms with Crippen molar-refractivity contribution in [3.05, 3.63) is 47.1 Å². The molecule has 334 valence electrons. The monoisotopic (exact) mass is 827 g/mol. The van der Waals surface area contributed by atoms with Crippen molar-refractivity contribution in [1.82, 2.24) is 0 Å². The summed E-state index contributed by atoms with van der Waals surface area (Å²) in [6.45, 7) is 27.5. The summed E-state index contributed by atoms with van der Waals surface area (Å²) in [5.74, 6) is 4.24. The highest BCUT2D eigenvalue weighted by Gasteiger charge is 2.36. The van der Waals surface area contributed by atoms with Gasteiger partial charge in [-0.05, 0) is 86.8 Å². The van der Waals surface area contributed by atoms with E-state index in [-0.39, 0.29) is 101 Å². The van der Waals surface area contributed by atoms with E-state index in [0.29, 0.717) is 49.1 Å². The molecule has 0 aromatic rings. The van der Waals surface area contributed by atoms with Crippen LogP contribution in [0.2, 0.25) is 0 Å². The molecule has 0 heterocycles. The predicted octanol–water partition coefficient (Wildman–Crippen LogP) is 7.59. The van der Waals surface area contributed by atoms with Gasteiger partial charge >= 0.3 is 0 Å². The van der Waals surface area contributed by atoms with Gasteiger partial charge in [-0.3, -0.25) is 28.8 Å². The normalized spacial score (nSPS) is 37.9. The van der Waals surface area contributed by atoms with Gasteiger partial charge < -0.3 is 20.4 Å². The minimum absolute atomic E-state index is 0.0694. The third-order valence-corrected chi connectivity index (χ3v) is 14.3. The Labute approximate surface area is 355 Å². The van der Waals surface area contributed by atoms with Crippen LogP contribution in [0, 0.1) is 65.1 Å². The van der Waals surface area contributed by atoms with Crippen molar-refractivity contribution in [2.45, 2.75) is 160 Å². The third-order valence-electron chi connectivity index (χ3n) is 14.3. The summed E-state index contributed by atoms with van der Waals surface area (Å²) >= 11 is 0. The molecule has 0 amide bonds. The lowest BCUT2D eigenvalue weighted by Crippen LogP contribution is -2.15. The van der Waals surface area contributed by atoms with Gasteiger partial charge in [0.1, 0.15) is 17.3 Å². The molecule has 7 aliphatic carbocycles. The van der Waals surface area contributed by atoms with Crippen LogP contribution in [0.4, 0.5) is 0 Å². The lowest BCUT2D eigenvalue weighted by Gasteiger charge is -2.12. The van der Waals surface area contributed by atoms with Gasteiger partial charge in [0.15, 0.2) is 17.3 Å². The Morgan fingerprint density at radius 2 is 0.881 bits per heavy atom. The number of carbonyl (C=O) groups excluding carboxylic acids is 6. The van der Waals surface area contributed by atoms with Crippen molar-refractivity contribution in [2.24, 2.45) is 65.1 Å². The summed E-state index contributed by atoms with van der Waals surface area (Å²) in [4.78, 5) is 64.5. The van der Waals surface area contributed by atoms with Crippen LogP contribution in [-0.4, -0.2) is 79.5 Å². The van der Waals surface area contributed by atoms with Crippen LogP contribution < -0.4 is 0 Å². The zero-order valence-corrected chi connectivity index (χ0v) is 38.5. The molecule has 15 atom stereocenters. The maximum Gasteiger partial charge on any atom is 0.158 e. The fourth-order valence-corrected chi connectivity index (χ4v) is 7.22. The lowest BCUT2D eigenvalue weighted by atomic mass is 9.98. The van der Waals surface area contributed by atoms with Crippen molar-refractivity contribution in [2.75, 3.05) is 0 Å². The summed E-state index contributed by atoms with van der Waals surface area (Å²) in [6, 6.07) is 0. The molecule has 0 aromatic heterocycles. The van der Waals surface area contributed by atoms with Gasteiger partial charge in [-0.1, -0.05) is 106 Å². The fraction of sp³-hybridized carbons (Fsp3) is 0.714. The second-order valence-corrected chi connectivity index (χ2v) is 18.3.